The number of alkyl halides is 1. The van der Waals surface area contributed by atoms with Crippen LogP contribution >= 0.6 is 15.9 Å². The Morgan fingerprint density at radius 2 is 2.29 bits per heavy atom. The van der Waals surface area contributed by atoms with Crippen LogP contribution in [0.15, 0.2) is 0 Å². The van der Waals surface area contributed by atoms with Crippen molar-refractivity contribution in [1.29, 1.82) is 0 Å². The quantitative estimate of drug-likeness (QED) is 0.573. The van der Waals surface area contributed by atoms with Gasteiger partial charge in [0.1, 0.15) is 0 Å². The molecule has 1 fully saturated rings. The number of hydrogen-bond acceptors (Lipinski definition) is 1. The average Bonchev–Trinajstić information content (AvgIpc) is 1.61. The standard InChI is InChI=1S/C5H10BrN/c1-2-5(6)3-7-4-5/h7H,2-4H2,1H3. The van der Waals surface area contributed by atoms with Crippen LogP contribution < -0.4 is 5.32 Å². The second-order valence-electron chi connectivity index (χ2n) is 2.11. The molecule has 0 aromatic rings. The molecular formula is C5H10BrN. The van der Waals surface area contributed by atoms with E-state index in [1.54, 1.807) is 0 Å². The summed E-state index contributed by atoms with van der Waals surface area (Å²) in [5, 5.41) is 3.21. The van der Waals surface area contributed by atoms with Crippen LogP contribution in [0.1, 0.15) is 13.3 Å². The molecule has 0 radical (unpaired) electrons. The van der Waals surface area contributed by atoms with Crippen molar-refractivity contribution in [1.82, 2.24) is 5.32 Å². The largest absolute Gasteiger partial charge is 0.314 e. The molecule has 0 saturated carbocycles. The zero-order chi connectivity index (χ0) is 5.33. The Hall–Kier alpha value is 0.440. The number of hydrogen-bond donors (Lipinski definition) is 1. The fourth-order valence-electron chi connectivity index (χ4n) is 0.646. The Bertz CT molecular complexity index is 63.0. The molecule has 0 aromatic carbocycles. The monoisotopic (exact) mass is 163 g/mol. The molecule has 1 saturated heterocycles. The van der Waals surface area contributed by atoms with E-state index in [1.807, 2.05) is 0 Å². The molecule has 0 aromatic heterocycles. The van der Waals surface area contributed by atoms with Crippen LogP contribution in [-0.4, -0.2) is 17.4 Å². The van der Waals surface area contributed by atoms with E-state index in [0.717, 1.165) is 13.1 Å². The lowest BCUT2D eigenvalue weighted by atomic mass is 10.0. The second kappa shape index (κ2) is 1.75. The lowest BCUT2D eigenvalue weighted by Gasteiger charge is -2.36. The summed E-state index contributed by atoms with van der Waals surface area (Å²) in [5.74, 6) is 0. The second-order valence-corrected chi connectivity index (χ2v) is 3.79. The van der Waals surface area contributed by atoms with Crippen LogP contribution in [0.5, 0.6) is 0 Å². The van der Waals surface area contributed by atoms with Gasteiger partial charge in [-0.3, -0.25) is 0 Å². The molecule has 0 aliphatic carbocycles. The van der Waals surface area contributed by atoms with E-state index < -0.39 is 0 Å². The molecule has 0 unspecified atom stereocenters. The van der Waals surface area contributed by atoms with Crippen molar-refractivity contribution in [3.8, 4) is 0 Å². The molecule has 42 valence electrons. The van der Waals surface area contributed by atoms with Crippen molar-refractivity contribution in [2.24, 2.45) is 0 Å². The minimum atomic E-state index is 0.465. The summed E-state index contributed by atoms with van der Waals surface area (Å²) in [4.78, 5) is 0. The molecule has 1 aliphatic rings. The molecule has 1 rings (SSSR count). The van der Waals surface area contributed by atoms with Gasteiger partial charge in [-0.1, -0.05) is 22.9 Å². The van der Waals surface area contributed by atoms with Gasteiger partial charge in [-0.2, -0.15) is 0 Å². The summed E-state index contributed by atoms with van der Waals surface area (Å²) in [6, 6.07) is 0. The van der Waals surface area contributed by atoms with Gasteiger partial charge in [-0.15, -0.1) is 0 Å². The number of nitrogens with one attached hydrogen (secondary N) is 1. The van der Waals surface area contributed by atoms with Gasteiger partial charge < -0.3 is 5.32 Å². The fraction of sp³-hybridized carbons (Fsp3) is 1.00. The SMILES string of the molecule is CCC1(Br)CNC1. The van der Waals surface area contributed by atoms with Crippen LogP contribution in [0.3, 0.4) is 0 Å². The van der Waals surface area contributed by atoms with Crippen LogP contribution in [0.25, 0.3) is 0 Å². The highest BCUT2D eigenvalue weighted by molar-refractivity contribution is 9.10. The van der Waals surface area contributed by atoms with Gasteiger partial charge in [0.25, 0.3) is 0 Å². The first-order valence-electron chi connectivity index (χ1n) is 2.66. The highest BCUT2D eigenvalue weighted by Crippen LogP contribution is 2.25. The van der Waals surface area contributed by atoms with Crippen molar-refractivity contribution in [2.45, 2.75) is 17.7 Å². The minimum Gasteiger partial charge on any atom is -0.314 e. The van der Waals surface area contributed by atoms with E-state index in [9.17, 15) is 0 Å². The Morgan fingerprint density at radius 1 is 1.71 bits per heavy atom. The van der Waals surface area contributed by atoms with Gasteiger partial charge in [0, 0.05) is 13.1 Å². The van der Waals surface area contributed by atoms with E-state index in [0.29, 0.717) is 4.32 Å². The molecular weight excluding hydrogens is 154 g/mol. The Labute approximate surface area is 52.6 Å². The van der Waals surface area contributed by atoms with Crippen molar-refractivity contribution >= 4 is 15.9 Å². The maximum atomic E-state index is 3.60. The van der Waals surface area contributed by atoms with Crippen LogP contribution in [0.2, 0.25) is 0 Å². The molecule has 7 heavy (non-hydrogen) atoms. The maximum absolute atomic E-state index is 3.60. The molecule has 0 bridgehead atoms. The van der Waals surface area contributed by atoms with Crippen molar-refractivity contribution in [2.75, 3.05) is 13.1 Å². The summed E-state index contributed by atoms with van der Waals surface area (Å²) >= 11 is 3.60. The zero-order valence-corrected chi connectivity index (χ0v) is 6.09. The summed E-state index contributed by atoms with van der Waals surface area (Å²) in [6.45, 7) is 4.49. The Morgan fingerprint density at radius 3 is 2.29 bits per heavy atom. The summed E-state index contributed by atoms with van der Waals surface area (Å²) < 4.78 is 0.465. The summed E-state index contributed by atoms with van der Waals surface area (Å²) in [6.07, 6.45) is 1.24. The Kier molecular flexibility index (Phi) is 1.39. The molecule has 0 atom stereocenters. The predicted molar refractivity (Wildman–Crippen MR) is 34.8 cm³/mol. The van der Waals surface area contributed by atoms with Gasteiger partial charge in [-0.25, -0.2) is 0 Å². The average molecular weight is 164 g/mol. The Balaban J connectivity index is 2.29. The van der Waals surface area contributed by atoms with Gasteiger partial charge >= 0.3 is 0 Å². The van der Waals surface area contributed by atoms with E-state index in [-0.39, 0.29) is 0 Å². The smallest absolute Gasteiger partial charge is 0.0503 e. The third-order valence-corrected chi connectivity index (χ3v) is 2.64. The van der Waals surface area contributed by atoms with Gasteiger partial charge in [-0.05, 0) is 6.42 Å². The molecule has 0 spiro atoms. The van der Waals surface area contributed by atoms with Crippen molar-refractivity contribution in [3.05, 3.63) is 0 Å². The normalized spacial score (nSPS) is 26.6. The van der Waals surface area contributed by atoms with E-state index in [4.69, 9.17) is 0 Å². The molecule has 1 heterocycles. The number of rotatable bonds is 1. The van der Waals surface area contributed by atoms with Gasteiger partial charge in [0.15, 0.2) is 0 Å². The summed E-state index contributed by atoms with van der Waals surface area (Å²) in [7, 11) is 0. The van der Waals surface area contributed by atoms with Gasteiger partial charge in [0.2, 0.25) is 0 Å². The van der Waals surface area contributed by atoms with E-state index >= 15 is 0 Å². The first-order chi connectivity index (χ1) is 3.27. The molecule has 2 heteroatoms. The highest BCUT2D eigenvalue weighted by Gasteiger charge is 2.30. The zero-order valence-electron chi connectivity index (χ0n) is 4.50. The topological polar surface area (TPSA) is 12.0 Å². The summed E-state index contributed by atoms with van der Waals surface area (Å²) in [5.41, 5.74) is 0. The van der Waals surface area contributed by atoms with Gasteiger partial charge in [0.05, 0.1) is 4.32 Å². The van der Waals surface area contributed by atoms with Crippen LogP contribution in [0, 0.1) is 0 Å². The fourth-order valence-corrected chi connectivity index (χ4v) is 1.04. The van der Waals surface area contributed by atoms with E-state index in [1.165, 1.54) is 6.42 Å². The van der Waals surface area contributed by atoms with Crippen molar-refractivity contribution in [3.63, 3.8) is 0 Å². The first kappa shape index (κ1) is 5.57. The first-order valence-corrected chi connectivity index (χ1v) is 3.46. The lowest BCUT2D eigenvalue weighted by molar-refractivity contribution is 0.392. The third kappa shape index (κ3) is 0.970. The molecule has 1 N–H and O–H groups in total. The maximum Gasteiger partial charge on any atom is 0.0503 e. The predicted octanol–water partition coefficient (Wildman–Crippen LogP) is 1.13. The molecule has 0 amide bonds. The van der Waals surface area contributed by atoms with Crippen LogP contribution in [-0.2, 0) is 0 Å². The minimum absolute atomic E-state index is 0.465. The number of halogens is 1. The lowest BCUT2D eigenvalue weighted by Crippen LogP contribution is -2.54. The molecule has 1 nitrogen and oxygen atoms in total. The highest BCUT2D eigenvalue weighted by atomic mass is 79.9. The molecule has 1 aliphatic heterocycles. The van der Waals surface area contributed by atoms with Crippen molar-refractivity contribution < 1.29 is 0 Å². The van der Waals surface area contributed by atoms with E-state index in [2.05, 4.69) is 28.2 Å². The third-order valence-electron chi connectivity index (χ3n) is 1.52. The van der Waals surface area contributed by atoms with Crippen LogP contribution in [0.4, 0.5) is 0 Å².